The Morgan fingerprint density at radius 3 is 2.10 bits per heavy atom. The number of nitrogens with one attached hydrogen (secondary N) is 4. The number of hydrogen-bond acceptors (Lipinski definition) is 4. The summed E-state index contributed by atoms with van der Waals surface area (Å²) in [6.07, 6.45) is 5.13. The Bertz CT molecular complexity index is 656. The van der Waals surface area contributed by atoms with Crippen LogP contribution in [0.2, 0.25) is 0 Å². The number of amides is 4. The van der Waals surface area contributed by atoms with E-state index in [4.69, 9.17) is 0 Å². The van der Waals surface area contributed by atoms with E-state index in [1.165, 1.54) is 0 Å². The van der Waals surface area contributed by atoms with Gasteiger partial charge in [0.15, 0.2) is 0 Å². The van der Waals surface area contributed by atoms with Crippen molar-refractivity contribution in [2.45, 2.75) is 103 Å². The van der Waals surface area contributed by atoms with Crippen molar-refractivity contribution in [1.29, 1.82) is 0 Å². The third-order valence-corrected chi connectivity index (χ3v) is 6.15. The van der Waals surface area contributed by atoms with Gasteiger partial charge in [0, 0.05) is 24.9 Å². The first-order chi connectivity index (χ1) is 14.0. The van der Waals surface area contributed by atoms with Crippen LogP contribution in [0.25, 0.3) is 0 Å². The van der Waals surface area contributed by atoms with Crippen molar-refractivity contribution >= 4 is 23.6 Å². The fraction of sp³-hybridized carbons (Fsp3) is 0.818. The highest BCUT2D eigenvalue weighted by Gasteiger charge is 2.38. The highest BCUT2D eigenvalue weighted by Crippen LogP contribution is 2.27. The summed E-state index contributed by atoms with van der Waals surface area (Å²) in [6.45, 7) is 8.91. The molecule has 1 saturated carbocycles. The molecule has 1 heterocycles. The largest absolute Gasteiger partial charge is 0.353 e. The summed E-state index contributed by atoms with van der Waals surface area (Å²) in [7, 11) is 0. The highest BCUT2D eigenvalue weighted by atomic mass is 16.2. The summed E-state index contributed by atoms with van der Waals surface area (Å²) < 4.78 is 0. The van der Waals surface area contributed by atoms with Crippen LogP contribution in [0.4, 0.5) is 0 Å². The lowest BCUT2D eigenvalue weighted by atomic mass is 9.82. The van der Waals surface area contributed by atoms with Gasteiger partial charge in [-0.05, 0) is 45.4 Å². The standard InChI is InChI=1S/C22H38N4O4/c1-13(2)16-12-17(27)23-14(3)11-18(28)26-22(4,5)21(30)25-19(20(29)24-16)15-9-7-6-8-10-15/h13-16,19H,6-12H2,1-5H3,(H,23,27)(H,24,29)(H,25,30)(H,26,28)/t14-,16+,19+/m0/s1. The third kappa shape index (κ3) is 6.71. The van der Waals surface area contributed by atoms with Crippen LogP contribution in [-0.4, -0.2) is 47.3 Å². The zero-order valence-corrected chi connectivity index (χ0v) is 19.0. The number of carbonyl (C=O) groups excluding carboxylic acids is 4. The maximum atomic E-state index is 13.2. The molecule has 0 aromatic heterocycles. The smallest absolute Gasteiger partial charge is 0.245 e. The molecular weight excluding hydrogens is 384 g/mol. The van der Waals surface area contributed by atoms with Gasteiger partial charge in [-0.1, -0.05) is 33.1 Å². The molecule has 8 nitrogen and oxygen atoms in total. The molecule has 1 aliphatic carbocycles. The first-order valence-corrected chi connectivity index (χ1v) is 11.2. The molecule has 2 aliphatic rings. The zero-order valence-electron chi connectivity index (χ0n) is 19.0. The molecule has 4 N–H and O–H groups in total. The molecule has 2 rings (SSSR count). The molecule has 0 aromatic rings. The van der Waals surface area contributed by atoms with Gasteiger partial charge in [0.05, 0.1) is 0 Å². The molecule has 0 aromatic carbocycles. The summed E-state index contributed by atoms with van der Waals surface area (Å²) in [5, 5.41) is 11.5. The van der Waals surface area contributed by atoms with Gasteiger partial charge in [-0.25, -0.2) is 0 Å². The van der Waals surface area contributed by atoms with E-state index >= 15 is 0 Å². The van der Waals surface area contributed by atoms with Crippen molar-refractivity contribution in [1.82, 2.24) is 21.3 Å². The molecule has 1 saturated heterocycles. The van der Waals surface area contributed by atoms with Gasteiger partial charge in [0.25, 0.3) is 0 Å². The highest BCUT2D eigenvalue weighted by molar-refractivity contribution is 5.95. The molecule has 2 fully saturated rings. The predicted octanol–water partition coefficient (Wildman–Crippen LogP) is 1.39. The number of hydrogen-bond donors (Lipinski definition) is 4. The van der Waals surface area contributed by atoms with Crippen LogP contribution in [0.1, 0.15) is 79.6 Å². The van der Waals surface area contributed by atoms with Gasteiger partial charge in [0.2, 0.25) is 23.6 Å². The molecule has 4 amide bonds. The van der Waals surface area contributed by atoms with Gasteiger partial charge >= 0.3 is 0 Å². The Kier molecular flexibility index (Phi) is 8.26. The predicted molar refractivity (Wildman–Crippen MR) is 114 cm³/mol. The first-order valence-electron chi connectivity index (χ1n) is 11.2. The van der Waals surface area contributed by atoms with Gasteiger partial charge in [-0.15, -0.1) is 0 Å². The molecule has 3 atom stereocenters. The van der Waals surface area contributed by atoms with Gasteiger partial charge < -0.3 is 21.3 Å². The Morgan fingerprint density at radius 2 is 1.50 bits per heavy atom. The molecular formula is C22H38N4O4. The summed E-state index contributed by atoms with van der Waals surface area (Å²) >= 11 is 0. The molecule has 1 aliphatic heterocycles. The fourth-order valence-corrected chi connectivity index (χ4v) is 4.23. The van der Waals surface area contributed by atoms with E-state index in [0.29, 0.717) is 0 Å². The summed E-state index contributed by atoms with van der Waals surface area (Å²) in [5.74, 6) is -1.07. The fourth-order valence-electron chi connectivity index (χ4n) is 4.23. The van der Waals surface area contributed by atoms with E-state index in [1.807, 2.05) is 13.8 Å². The lowest BCUT2D eigenvalue weighted by Crippen LogP contribution is -2.62. The van der Waals surface area contributed by atoms with Crippen LogP contribution in [0.15, 0.2) is 0 Å². The van der Waals surface area contributed by atoms with Crippen LogP contribution in [0.5, 0.6) is 0 Å². The minimum absolute atomic E-state index is 0.0452. The number of rotatable bonds is 2. The minimum atomic E-state index is -1.17. The monoisotopic (exact) mass is 422 g/mol. The lowest BCUT2D eigenvalue weighted by molar-refractivity contribution is -0.136. The second-order valence-electron chi connectivity index (χ2n) is 9.76. The van der Waals surface area contributed by atoms with Crippen LogP contribution in [0, 0.1) is 11.8 Å². The van der Waals surface area contributed by atoms with Crippen LogP contribution >= 0.6 is 0 Å². The molecule has 30 heavy (non-hydrogen) atoms. The Morgan fingerprint density at radius 1 is 0.867 bits per heavy atom. The Balaban J connectivity index is 2.32. The third-order valence-electron chi connectivity index (χ3n) is 6.15. The second-order valence-corrected chi connectivity index (χ2v) is 9.76. The second kappa shape index (κ2) is 10.3. The SMILES string of the molecule is CC(C)[C@H]1CC(=O)N[C@@H](C)CC(=O)NC(C)(C)C(=O)N[C@H](C2CCCCC2)C(=O)N1. The summed E-state index contributed by atoms with van der Waals surface area (Å²) in [6, 6.07) is -1.41. The van der Waals surface area contributed by atoms with E-state index in [9.17, 15) is 19.2 Å². The van der Waals surface area contributed by atoms with Crippen molar-refractivity contribution in [2.24, 2.45) is 11.8 Å². The van der Waals surface area contributed by atoms with Crippen molar-refractivity contribution < 1.29 is 19.2 Å². The molecule has 0 unspecified atom stereocenters. The molecule has 170 valence electrons. The molecule has 8 heteroatoms. The van der Waals surface area contributed by atoms with E-state index in [2.05, 4.69) is 21.3 Å². The van der Waals surface area contributed by atoms with Crippen molar-refractivity contribution in [3.05, 3.63) is 0 Å². The average molecular weight is 423 g/mol. The molecule has 0 radical (unpaired) electrons. The van der Waals surface area contributed by atoms with Crippen molar-refractivity contribution in [3.8, 4) is 0 Å². The lowest BCUT2D eigenvalue weighted by Gasteiger charge is -2.35. The molecule has 0 spiro atoms. The Labute approximate surface area is 179 Å². The normalized spacial score (nSPS) is 30.0. The van der Waals surface area contributed by atoms with Crippen LogP contribution < -0.4 is 21.3 Å². The van der Waals surface area contributed by atoms with Crippen LogP contribution in [-0.2, 0) is 19.2 Å². The van der Waals surface area contributed by atoms with Gasteiger partial charge in [0.1, 0.15) is 11.6 Å². The van der Waals surface area contributed by atoms with Gasteiger partial charge in [-0.3, -0.25) is 19.2 Å². The van der Waals surface area contributed by atoms with E-state index in [-0.39, 0.29) is 60.4 Å². The maximum Gasteiger partial charge on any atom is 0.245 e. The number of carbonyl (C=O) groups is 4. The van der Waals surface area contributed by atoms with Crippen LogP contribution in [0.3, 0.4) is 0 Å². The quantitative estimate of drug-likeness (QED) is 0.538. The van der Waals surface area contributed by atoms with E-state index < -0.39 is 11.6 Å². The van der Waals surface area contributed by atoms with Crippen molar-refractivity contribution in [2.75, 3.05) is 0 Å². The van der Waals surface area contributed by atoms with Crippen molar-refractivity contribution in [3.63, 3.8) is 0 Å². The summed E-state index contributed by atoms with van der Waals surface area (Å²) in [5.41, 5.74) is -1.17. The first kappa shape index (κ1) is 24.2. The zero-order chi connectivity index (χ0) is 22.5. The maximum absolute atomic E-state index is 13.2. The topological polar surface area (TPSA) is 116 Å². The summed E-state index contributed by atoms with van der Waals surface area (Å²) in [4.78, 5) is 51.2. The van der Waals surface area contributed by atoms with Gasteiger partial charge in [-0.2, -0.15) is 0 Å². The molecule has 0 bridgehead atoms. The average Bonchev–Trinajstić information content (AvgIpc) is 2.64. The van der Waals surface area contributed by atoms with E-state index in [0.717, 1.165) is 32.1 Å². The van der Waals surface area contributed by atoms with E-state index in [1.54, 1.807) is 20.8 Å². The minimum Gasteiger partial charge on any atom is -0.353 e. The Hall–Kier alpha value is -2.12.